The maximum absolute atomic E-state index is 13.9. The van der Waals surface area contributed by atoms with Crippen molar-refractivity contribution in [3.8, 4) is 11.3 Å². The van der Waals surface area contributed by atoms with Crippen LogP contribution in [0.15, 0.2) is 68.5 Å². The molecular weight excluding hydrogens is 716 g/mol. The molecule has 0 spiro atoms. The number of nitrogens with one attached hydrogen (secondary N) is 1. The average Bonchev–Trinajstić information content (AvgIpc) is 3.47. The Bertz CT molecular complexity index is 1570. The molecule has 6 rings (SSSR count). The molecule has 4 heterocycles. The summed E-state index contributed by atoms with van der Waals surface area (Å²) in [5.74, 6) is 0. The summed E-state index contributed by atoms with van der Waals surface area (Å²) in [6.07, 6.45) is 5.83. The van der Waals surface area contributed by atoms with Gasteiger partial charge in [-0.15, -0.1) is 0 Å². The minimum Gasteiger partial charge on any atom is -0.445 e. The Kier molecular flexibility index (Phi) is 10.5. The molecule has 246 valence electrons. The zero-order chi connectivity index (χ0) is 32.3. The van der Waals surface area contributed by atoms with Crippen molar-refractivity contribution >= 4 is 44.2 Å². The number of piperazine rings is 1. The topological polar surface area (TPSA) is 94.1 Å². The van der Waals surface area contributed by atoms with Gasteiger partial charge in [0, 0.05) is 72.8 Å². The van der Waals surface area contributed by atoms with E-state index in [0.29, 0.717) is 25.4 Å². The number of hydrogen-bond acceptors (Lipinski definition) is 7. The summed E-state index contributed by atoms with van der Waals surface area (Å²) >= 11 is 7.02. The minimum atomic E-state index is -0.912. The summed E-state index contributed by atoms with van der Waals surface area (Å²) < 4.78 is 9.49. The molecule has 3 aliphatic heterocycles. The Labute approximate surface area is 286 Å². The van der Waals surface area contributed by atoms with E-state index >= 15 is 0 Å². The number of rotatable bonds is 8. The predicted octanol–water partition coefficient (Wildman–Crippen LogP) is 5.34. The van der Waals surface area contributed by atoms with Gasteiger partial charge in [-0.1, -0.05) is 36.4 Å². The van der Waals surface area contributed by atoms with Crippen molar-refractivity contribution in [2.24, 2.45) is 0 Å². The number of likely N-dealkylation sites (tertiary alicyclic amines) is 2. The highest BCUT2D eigenvalue weighted by atomic mass is 79.9. The van der Waals surface area contributed by atoms with Gasteiger partial charge in [0.05, 0.1) is 5.69 Å². The standard InChI is InChI=1S/C34H42Br2N6O4/c1-38-13-9-27(10-14-38)39-16-18-40(19-17-39)34(12-20-43)22-28(41-23-31(37-32(41)44)26-5-3-2-4-6-26)11-15-42(34)33(45)46-24-25-7-8-29(35)30(36)21-25/h2-8,20-21,23,27-28H,9-19,22,24H2,1H3,(H,37,44)/t28-,34+/m1/s1. The van der Waals surface area contributed by atoms with Crippen LogP contribution in [0.5, 0.6) is 0 Å². The molecule has 1 N–H and O–H groups in total. The lowest BCUT2D eigenvalue weighted by atomic mass is 9.86. The SMILES string of the molecule is CN1CCC(N2CCN([C@]3(CC=O)C[C@H](n4cc(-c5ccccc5)[nH]c4=O)CCN3C(=O)OCc3ccc(Br)c(Br)c3)CC2)CC1. The van der Waals surface area contributed by atoms with Crippen molar-refractivity contribution in [2.45, 2.75) is 56.5 Å². The highest BCUT2D eigenvalue weighted by Crippen LogP contribution is 2.41. The van der Waals surface area contributed by atoms with Gasteiger partial charge in [-0.25, -0.2) is 9.59 Å². The monoisotopic (exact) mass is 756 g/mol. The average molecular weight is 759 g/mol. The molecule has 10 nitrogen and oxygen atoms in total. The number of amides is 1. The summed E-state index contributed by atoms with van der Waals surface area (Å²) in [5, 5.41) is 0. The van der Waals surface area contributed by atoms with Gasteiger partial charge in [-0.2, -0.15) is 0 Å². The van der Waals surface area contributed by atoms with Crippen LogP contribution >= 0.6 is 31.9 Å². The van der Waals surface area contributed by atoms with E-state index in [4.69, 9.17) is 4.74 Å². The van der Waals surface area contributed by atoms with E-state index in [0.717, 1.165) is 84.2 Å². The summed E-state index contributed by atoms with van der Waals surface area (Å²) in [6, 6.07) is 15.9. The molecule has 3 aromatic rings. The van der Waals surface area contributed by atoms with Crippen molar-refractivity contribution < 1.29 is 14.3 Å². The highest BCUT2D eigenvalue weighted by Gasteiger charge is 2.51. The molecule has 2 atom stereocenters. The normalized spacial score (nSPS) is 23.8. The Hall–Kier alpha value is -2.77. The number of hydrogen-bond donors (Lipinski definition) is 1. The lowest BCUT2D eigenvalue weighted by Gasteiger charge is -2.56. The van der Waals surface area contributed by atoms with Gasteiger partial charge < -0.3 is 19.4 Å². The van der Waals surface area contributed by atoms with E-state index in [1.807, 2.05) is 54.7 Å². The number of carbonyl (C=O) groups is 2. The molecule has 3 saturated heterocycles. The fraction of sp³-hybridized carbons (Fsp3) is 0.500. The number of nitrogens with zero attached hydrogens (tertiary/aromatic N) is 5. The van der Waals surface area contributed by atoms with Gasteiger partial charge >= 0.3 is 11.8 Å². The molecule has 0 aliphatic carbocycles. The highest BCUT2D eigenvalue weighted by molar-refractivity contribution is 9.13. The summed E-state index contributed by atoms with van der Waals surface area (Å²) in [4.78, 5) is 51.8. The third-order valence-electron chi connectivity index (χ3n) is 10.1. The first-order valence-corrected chi connectivity index (χ1v) is 17.7. The number of aromatic amines is 1. The van der Waals surface area contributed by atoms with Crippen LogP contribution < -0.4 is 5.69 Å². The maximum Gasteiger partial charge on any atom is 0.411 e. The van der Waals surface area contributed by atoms with E-state index in [1.54, 1.807) is 9.47 Å². The number of aldehydes is 1. The van der Waals surface area contributed by atoms with Crippen LogP contribution in [0.4, 0.5) is 4.79 Å². The Morgan fingerprint density at radius 1 is 0.957 bits per heavy atom. The van der Waals surface area contributed by atoms with Crippen molar-refractivity contribution in [1.82, 2.24) is 29.2 Å². The van der Waals surface area contributed by atoms with E-state index in [9.17, 15) is 14.4 Å². The first kappa shape index (κ1) is 33.1. The number of halogens is 2. The second-order valence-corrected chi connectivity index (χ2v) is 14.5. The number of imidazole rings is 1. The van der Waals surface area contributed by atoms with Crippen LogP contribution in [0.1, 0.15) is 43.7 Å². The smallest absolute Gasteiger partial charge is 0.411 e. The van der Waals surface area contributed by atoms with Crippen molar-refractivity contribution in [3.05, 3.63) is 79.7 Å². The number of piperidine rings is 2. The largest absolute Gasteiger partial charge is 0.445 e. The molecule has 0 unspecified atom stereocenters. The Balaban J connectivity index is 1.26. The summed E-state index contributed by atoms with van der Waals surface area (Å²) in [6.45, 7) is 5.90. The zero-order valence-electron chi connectivity index (χ0n) is 26.2. The van der Waals surface area contributed by atoms with Gasteiger partial charge in [-0.05, 0) is 94.5 Å². The molecule has 0 bridgehead atoms. The van der Waals surface area contributed by atoms with Crippen LogP contribution in [0.25, 0.3) is 11.3 Å². The Morgan fingerprint density at radius 3 is 2.37 bits per heavy atom. The van der Waals surface area contributed by atoms with Gasteiger partial charge in [-0.3, -0.25) is 19.3 Å². The van der Waals surface area contributed by atoms with Gasteiger partial charge in [0.25, 0.3) is 0 Å². The van der Waals surface area contributed by atoms with Gasteiger partial charge in [0.2, 0.25) is 0 Å². The number of aromatic nitrogens is 2. The fourth-order valence-corrected chi connectivity index (χ4v) is 8.16. The quantitative estimate of drug-likeness (QED) is 0.311. The van der Waals surface area contributed by atoms with Crippen molar-refractivity contribution in [1.29, 1.82) is 0 Å². The zero-order valence-corrected chi connectivity index (χ0v) is 29.4. The summed E-state index contributed by atoms with van der Waals surface area (Å²) in [5.41, 5.74) is 1.44. The Morgan fingerprint density at radius 2 is 1.67 bits per heavy atom. The van der Waals surface area contributed by atoms with Crippen LogP contribution in [-0.2, 0) is 16.1 Å². The third kappa shape index (κ3) is 7.06. The predicted molar refractivity (Wildman–Crippen MR) is 185 cm³/mol. The lowest BCUT2D eigenvalue weighted by Crippen LogP contribution is -2.69. The second kappa shape index (κ2) is 14.6. The first-order chi connectivity index (χ1) is 22.3. The molecule has 46 heavy (non-hydrogen) atoms. The maximum atomic E-state index is 13.9. The number of benzene rings is 2. The lowest BCUT2D eigenvalue weighted by molar-refractivity contribution is -0.129. The van der Waals surface area contributed by atoms with Gasteiger partial charge in [0.15, 0.2) is 0 Å². The molecule has 1 amide bonds. The fourth-order valence-electron chi connectivity index (χ4n) is 7.49. The molecule has 0 radical (unpaired) electrons. The van der Waals surface area contributed by atoms with E-state index in [2.05, 4.69) is 58.6 Å². The molecule has 2 aromatic carbocycles. The number of ether oxygens (including phenoxy) is 1. The van der Waals surface area contributed by atoms with Crippen molar-refractivity contribution in [2.75, 3.05) is 52.9 Å². The third-order valence-corrected chi connectivity index (χ3v) is 11.9. The van der Waals surface area contributed by atoms with Crippen LogP contribution in [0.2, 0.25) is 0 Å². The van der Waals surface area contributed by atoms with Crippen LogP contribution in [-0.4, -0.2) is 106 Å². The second-order valence-electron chi connectivity index (χ2n) is 12.8. The molecule has 3 aliphatic rings. The summed E-state index contributed by atoms with van der Waals surface area (Å²) in [7, 11) is 2.18. The number of carbonyl (C=O) groups excluding carboxylic acids is 2. The van der Waals surface area contributed by atoms with E-state index in [-0.39, 0.29) is 24.8 Å². The molecular formula is C34H42Br2N6O4. The molecule has 3 fully saturated rings. The molecule has 12 heteroatoms. The van der Waals surface area contributed by atoms with E-state index in [1.165, 1.54) is 0 Å². The van der Waals surface area contributed by atoms with E-state index < -0.39 is 11.8 Å². The van der Waals surface area contributed by atoms with Gasteiger partial charge in [0.1, 0.15) is 18.6 Å². The minimum absolute atomic E-state index is 0.115. The molecule has 1 aromatic heterocycles. The molecule has 0 saturated carbocycles. The first-order valence-electron chi connectivity index (χ1n) is 16.1. The van der Waals surface area contributed by atoms with Crippen LogP contribution in [0, 0.1) is 0 Å². The van der Waals surface area contributed by atoms with Crippen LogP contribution in [0.3, 0.4) is 0 Å². The van der Waals surface area contributed by atoms with Crippen molar-refractivity contribution in [3.63, 3.8) is 0 Å². The number of H-pyrrole nitrogens is 1.